The molecule has 3 amide bonds. The van der Waals surface area contributed by atoms with E-state index in [0.717, 1.165) is 5.56 Å². The minimum Gasteiger partial charge on any atom is -0.352 e. The summed E-state index contributed by atoms with van der Waals surface area (Å²) in [6.45, 7) is 5.94. The SMILES string of the molecule is CN(C)C(=O)CNC(=O)c1ccc(CNC(=O)C(C)(C)C)cc1. The van der Waals surface area contributed by atoms with E-state index in [9.17, 15) is 14.4 Å². The third-order valence-electron chi connectivity index (χ3n) is 3.25. The summed E-state index contributed by atoms with van der Waals surface area (Å²) in [4.78, 5) is 36.6. The van der Waals surface area contributed by atoms with E-state index in [4.69, 9.17) is 0 Å². The number of benzene rings is 1. The first-order valence-electron chi connectivity index (χ1n) is 7.47. The zero-order chi connectivity index (χ0) is 17.6. The molecule has 0 atom stereocenters. The molecular weight excluding hydrogens is 294 g/mol. The molecule has 0 aliphatic rings. The van der Waals surface area contributed by atoms with Gasteiger partial charge in [0, 0.05) is 31.6 Å². The van der Waals surface area contributed by atoms with Crippen LogP contribution >= 0.6 is 0 Å². The molecule has 1 aromatic carbocycles. The standard InChI is InChI=1S/C17H25N3O3/c1-17(2,3)16(23)19-10-12-6-8-13(9-7-12)15(22)18-11-14(21)20(4)5/h6-9H,10-11H2,1-5H3,(H,18,22)(H,19,23). The van der Waals surface area contributed by atoms with Crippen LogP contribution in [-0.2, 0) is 16.1 Å². The van der Waals surface area contributed by atoms with Crippen molar-refractivity contribution in [2.45, 2.75) is 27.3 Å². The zero-order valence-corrected chi connectivity index (χ0v) is 14.4. The van der Waals surface area contributed by atoms with Crippen molar-refractivity contribution >= 4 is 17.7 Å². The van der Waals surface area contributed by atoms with Gasteiger partial charge in [0.1, 0.15) is 0 Å². The van der Waals surface area contributed by atoms with Crippen LogP contribution in [0.15, 0.2) is 24.3 Å². The summed E-state index contributed by atoms with van der Waals surface area (Å²) in [6, 6.07) is 6.92. The number of likely N-dealkylation sites (N-methyl/N-ethyl adjacent to an activating group) is 1. The Morgan fingerprint density at radius 2 is 1.57 bits per heavy atom. The lowest BCUT2D eigenvalue weighted by Crippen LogP contribution is -2.36. The number of carbonyl (C=O) groups is 3. The average molecular weight is 319 g/mol. The van der Waals surface area contributed by atoms with E-state index in [-0.39, 0.29) is 24.3 Å². The molecule has 23 heavy (non-hydrogen) atoms. The molecule has 0 spiro atoms. The minimum absolute atomic E-state index is 0.0264. The Morgan fingerprint density at radius 1 is 1.00 bits per heavy atom. The number of carbonyl (C=O) groups excluding carboxylic acids is 3. The smallest absolute Gasteiger partial charge is 0.251 e. The maximum Gasteiger partial charge on any atom is 0.251 e. The third kappa shape index (κ3) is 6.10. The largest absolute Gasteiger partial charge is 0.352 e. The lowest BCUT2D eigenvalue weighted by Gasteiger charge is -2.17. The Balaban J connectivity index is 2.54. The minimum atomic E-state index is -0.432. The van der Waals surface area contributed by atoms with Crippen molar-refractivity contribution in [2.24, 2.45) is 5.41 Å². The number of hydrogen-bond acceptors (Lipinski definition) is 3. The van der Waals surface area contributed by atoms with E-state index in [1.807, 2.05) is 20.8 Å². The quantitative estimate of drug-likeness (QED) is 0.855. The van der Waals surface area contributed by atoms with Crippen LogP contribution in [0.3, 0.4) is 0 Å². The fourth-order valence-electron chi connectivity index (χ4n) is 1.64. The molecule has 0 aromatic heterocycles. The van der Waals surface area contributed by atoms with Gasteiger partial charge in [0.15, 0.2) is 0 Å². The highest BCUT2D eigenvalue weighted by Crippen LogP contribution is 2.13. The van der Waals surface area contributed by atoms with Gasteiger partial charge in [-0.25, -0.2) is 0 Å². The number of nitrogens with zero attached hydrogens (tertiary/aromatic N) is 1. The number of amides is 3. The molecule has 0 unspecified atom stereocenters. The Morgan fingerprint density at radius 3 is 2.04 bits per heavy atom. The van der Waals surface area contributed by atoms with E-state index in [2.05, 4.69) is 10.6 Å². The van der Waals surface area contributed by atoms with Crippen LogP contribution in [0.25, 0.3) is 0 Å². The van der Waals surface area contributed by atoms with Crippen LogP contribution in [0.1, 0.15) is 36.7 Å². The molecule has 0 aliphatic heterocycles. The summed E-state index contributed by atoms with van der Waals surface area (Å²) in [5.41, 5.74) is 0.949. The molecule has 1 aromatic rings. The normalized spacial score (nSPS) is 10.8. The molecular formula is C17H25N3O3. The van der Waals surface area contributed by atoms with Crippen LogP contribution in [0.5, 0.6) is 0 Å². The summed E-state index contributed by atoms with van der Waals surface area (Å²) in [5.74, 6) is -0.494. The van der Waals surface area contributed by atoms with Gasteiger partial charge < -0.3 is 15.5 Å². The Hall–Kier alpha value is -2.37. The molecule has 0 saturated heterocycles. The van der Waals surface area contributed by atoms with Crippen molar-refractivity contribution in [1.29, 1.82) is 0 Å². The van der Waals surface area contributed by atoms with Crippen LogP contribution < -0.4 is 10.6 Å². The van der Waals surface area contributed by atoms with Gasteiger partial charge >= 0.3 is 0 Å². The maximum absolute atomic E-state index is 11.9. The van der Waals surface area contributed by atoms with E-state index in [0.29, 0.717) is 12.1 Å². The van der Waals surface area contributed by atoms with Crippen molar-refractivity contribution in [3.63, 3.8) is 0 Å². The summed E-state index contributed by atoms with van der Waals surface area (Å²) < 4.78 is 0. The molecule has 126 valence electrons. The fraction of sp³-hybridized carbons (Fsp3) is 0.471. The molecule has 6 nitrogen and oxygen atoms in total. The number of hydrogen-bond donors (Lipinski definition) is 2. The third-order valence-corrected chi connectivity index (χ3v) is 3.25. The Kier molecular flexibility index (Phi) is 6.30. The highest BCUT2D eigenvalue weighted by molar-refractivity contribution is 5.96. The number of rotatable bonds is 5. The van der Waals surface area contributed by atoms with Gasteiger partial charge in [-0.15, -0.1) is 0 Å². The Bertz CT molecular complexity index is 572. The maximum atomic E-state index is 11.9. The predicted molar refractivity (Wildman–Crippen MR) is 88.8 cm³/mol. The van der Waals surface area contributed by atoms with E-state index >= 15 is 0 Å². The van der Waals surface area contributed by atoms with Crippen LogP contribution in [0.4, 0.5) is 0 Å². The van der Waals surface area contributed by atoms with E-state index in [1.54, 1.807) is 38.4 Å². The van der Waals surface area contributed by atoms with Gasteiger partial charge in [0.2, 0.25) is 11.8 Å². The molecule has 0 radical (unpaired) electrons. The lowest BCUT2D eigenvalue weighted by molar-refractivity contribution is -0.129. The predicted octanol–water partition coefficient (Wildman–Crippen LogP) is 1.17. The molecule has 0 heterocycles. The average Bonchev–Trinajstić information content (AvgIpc) is 2.49. The highest BCUT2D eigenvalue weighted by Gasteiger charge is 2.20. The van der Waals surface area contributed by atoms with E-state index in [1.165, 1.54) is 4.90 Å². The van der Waals surface area contributed by atoms with Crippen LogP contribution in [0.2, 0.25) is 0 Å². The first-order chi connectivity index (χ1) is 10.6. The van der Waals surface area contributed by atoms with Crippen molar-refractivity contribution < 1.29 is 14.4 Å². The summed E-state index contributed by atoms with van der Waals surface area (Å²) in [6.07, 6.45) is 0. The summed E-state index contributed by atoms with van der Waals surface area (Å²) in [7, 11) is 3.27. The van der Waals surface area contributed by atoms with Crippen molar-refractivity contribution in [3.8, 4) is 0 Å². The van der Waals surface area contributed by atoms with Crippen LogP contribution in [-0.4, -0.2) is 43.3 Å². The first kappa shape index (κ1) is 18.7. The van der Waals surface area contributed by atoms with Crippen molar-refractivity contribution in [1.82, 2.24) is 15.5 Å². The van der Waals surface area contributed by atoms with Gasteiger partial charge in [-0.1, -0.05) is 32.9 Å². The molecule has 6 heteroatoms. The molecule has 0 fully saturated rings. The second kappa shape index (κ2) is 7.76. The first-order valence-corrected chi connectivity index (χ1v) is 7.47. The second-order valence-corrected chi connectivity index (χ2v) is 6.60. The van der Waals surface area contributed by atoms with Gasteiger partial charge in [-0.05, 0) is 17.7 Å². The summed E-state index contributed by atoms with van der Waals surface area (Å²) in [5, 5.41) is 5.42. The second-order valence-electron chi connectivity index (χ2n) is 6.60. The van der Waals surface area contributed by atoms with Crippen LogP contribution in [0, 0.1) is 5.41 Å². The lowest BCUT2D eigenvalue weighted by atomic mass is 9.95. The summed E-state index contributed by atoms with van der Waals surface area (Å²) >= 11 is 0. The van der Waals surface area contributed by atoms with Gasteiger partial charge in [0.25, 0.3) is 5.91 Å². The fourth-order valence-corrected chi connectivity index (χ4v) is 1.64. The van der Waals surface area contributed by atoms with Crippen molar-refractivity contribution in [3.05, 3.63) is 35.4 Å². The monoisotopic (exact) mass is 319 g/mol. The number of nitrogens with one attached hydrogen (secondary N) is 2. The van der Waals surface area contributed by atoms with Gasteiger partial charge in [0.05, 0.1) is 6.54 Å². The van der Waals surface area contributed by atoms with Gasteiger partial charge in [-0.2, -0.15) is 0 Å². The molecule has 2 N–H and O–H groups in total. The zero-order valence-electron chi connectivity index (χ0n) is 14.4. The molecule has 1 rings (SSSR count). The highest BCUT2D eigenvalue weighted by atomic mass is 16.2. The topological polar surface area (TPSA) is 78.5 Å². The molecule has 0 saturated carbocycles. The van der Waals surface area contributed by atoms with Crippen molar-refractivity contribution in [2.75, 3.05) is 20.6 Å². The van der Waals surface area contributed by atoms with E-state index < -0.39 is 5.41 Å². The molecule has 0 aliphatic carbocycles. The Labute approximate surface area is 137 Å². The molecule has 0 bridgehead atoms. The van der Waals surface area contributed by atoms with Gasteiger partial charge in [-0.3, -0.25) is 14.4 Å².